The van der Waals surface area contributed by atoms with Crippen molar-refractivity contribution in [3.8, 4) is 0 Å². The second-order valence-corrected chi connectivity index (χ2v) is 9.44. The molecular formula is C24H29N5OS. The Morgan fingerprint density at radius 1 is 1.23 bits per heavy atom. The van der Waals surface area contributed by atoms with E-state index in [4.69, 9.17) is 5.10 Å². The summed E-state index contributed by atoms with van der Waals surface area (Å²) in [6.45, 7) is 3.10. The number of aromatic nitrogens is 3. The molecule has 31 heavy (non-hydrogen) atoms. The maximum atomic E-state index is 13.4. The van der Waals surface area contributed by atoms with E-state index in [2.05, 4.69) is 38.8 Å². The Hall–Kier alpha value is -2.51. The lowest BCUT2D eigenvalue weighted by Gasteiger charge is -2.33. The van der Waals surface area contributed by atoms with E-state index in [1.54, 1.807) is 16.2 Å². The third-order valence-electron chi connectivity index (χ3n) is 6.61. The van der Waals surface area contributed by atoms with Crippen LogP contribution in [-0.4, -0.2) is 50.1 Å². The van der Waals surface area contributed by atoms with Gasteiger partial charge in [0, 0.05) is 49.2 Å². The number of amides is 1. The number of fused-ring (bicyclic) bond motifs is 1. The van der Waals surface area contributed by atoms with Gasteiger partial charge in [0.1, 0.15) is 0 Å². The molecule has 3 aromatic rings. The molecule has 3 heterocycles. The number of hydrogen-bond donors (Lipinski definition) is 0. The molecule has 0 atom stereocenters. The molecule has 162 valence electrons. The zero-order valence-electron chi connectivity index (χ0n) is 18.0. The first-order valence-electron chi connectivity index (χ1n) is 11.2. The molecule has 0 spiro atoms. The van der Waals surface area contributed by atoms with Crippen molar-refractivity contribution < 1.29 is 4.79 Å². The molecule has 5 rings (SSSR count). The second kappa shape index (κ2) is 8.93. The van der Waals surface area contributed by atoms with Gasteiger partial charge in [-0.3, -0.25) is 14.4 Å². The van der Waals surface area contributed by atoms with Crippen LogP contribution < -0.4 is 0 Å². The maximum absolute atomic E-state index is 13.4. The minimum atomic E-state index is -0.00988. The van der Waals surface area contributed by atoms with Gasteiger partial charge >= 0.3 is 0 Å². The monoisotopic (exact) mass is 435 g/mol. The van der Waals surface area contributed by atoms with Gasteiger partial charge in [0.2, 0.25) is 0 Å². The van der Waals surface area contributed by atoms with Crippen molar-refractivity contribution >= 4 is 17.2 Å². The van der Waals surface area contributed by atoms with Gasteiger partial charge < -0.3 is 4.90 Å². The number of rotatable bonds is 6. The largest absolute Gasteiger partial charge is 0.334 e. The zero-order chi connectivity index (χ0) is 21.2. The minimum absolute atomic E-state index is 0.00988. The van der Waals surface area contributed by atoms with E-state index in [0.717, 1.165) is 30.8 Å². The van der Waals surface area contributed by atoms with Gasteiger partial charge in [0.05, 0.1) is 24.3 Å². The van der Waals surface area contributed by atoms with Gasteiger partial charge in [-0.15, -0.1) is 11.3 Å². The van der Waals surface area contributed by atoms with Gasteiger partial charge in [-0.1, -0.05) is 43.2 Å². The molecule has 1 aromatic carbocycles. The highest BCUT2D eigenvalue weighted by atomic mass is 32.1. The highest BCUT2D eigenvalue weighted by Gasteiger charge is 2.33. The summed E-state index contributed by atoms with van der Waals surface area (Å²) < 4.78 is 2.07. The Morgan fingerprint density at radius 2 is 2.03 bits per heavy atom. The summed E-state index contributed by atoms with van der Waals surface area (Å²) in [5.41, 5.74) is 6.91. The summed E-state index contributed by atoms with van der Waals surface area (Å²) in [5, 5.41) is 6.87. The van der Waals surface area contributed by atoms with Crippen LogP contribution >= 0.6 is 11.3 Å². The molecule has 1 amide bonds. The van der Waals surface area contributed by atoms with Crippen molar-refractivity contribution in [2.24, 2.45) is 0 Å². The summed E-state index contributed by atoms with van der Waals surface area (Å²) in [4.78, 5) is 22.1. The highest BCUT2D eigenvalue weighted by molar-refractivity contribution is 7.07. The van der Waals surface area contributed by atoms with E-state index in [9.17, 15) is 4.79 Å². The quantitative estimate of drug-likeness (QED) is 0.588. The van der Waals surface area contributed by atoms with E-state index in [1.807, 2.05) is 24.0 Å². The summed E-state index contributed by atoms with van der Waals surface area (Å²) >= 11 is 1.56. The van der Waals surface area contributed by atoms with Crippen molar-refractivity contribution in [3.05, 3.63) is 69.4 Å². The number of thiazole rings is 1. The van der Waals surface area contributed by atoms with Gasteiger partial charge in [-0.2, -0.15) is 5.10 Å². The van der Waals surface area contributed by atoms with E-state index in [-0.39, 0.29) is 5.91 Å². The summed E-state index contributed by atoms with van der Waals surface area (Å²) in [5.74, 6) is -0.00988. The van der Waals surface area contributed by atoms with Crippen molar-refractivity contribution in [1.82, 2.24) is 24.6 Å². The zero-order valence-corrected chi connectivity index (χ0v) is 18.9. The van der Waals surface area contributed by atoms with Crippen LogP contribution in [0.2, 0.25) is 0 Å². The number of nitrogens with zero attached hydrogens (tertiary/aromatic N) is 5. The lowest BCUT2D eigenvalue weighted by Crippen LogP contribution is -2.39. The summed E-state index contributed by atoms with van der Waals surface area (Å²) in [7, 11) is 1.85. The third-order valence-corrected chi connectivity index (χ3v) is 7.25. The molecule has 0 unspecified atom stereocenters. The Balaban J connectivity index is 1.45. The van der Waals surface area contributed by atoms with Gasteiger partial charge in [-0.05, 0) is 18.4 Å². The third kappa shape index (κ3) is 4.29. The predicted octanol–water partition coefficient (Wildman–Crippen LogP) is 3.96. The first-order valence-corrected chi connectivity index (χ1v) is 12.1. The lowest BCUT2D eigenvalue weighted by atomic mass is 10.0. The maximum Gasteiger partial charge on any atom is 0.274 e. The molecule has 1 aliphatic heterocycles. The van der Waals surface area contributed by atoms with E-state index < -0.39 is 0 Å². The second-order valence-electron chi connectivity index (χ2n) is 8.72. The molecule has 0 bridgehead atoms. The smallest absolute Gasteiger partial charge is 0.274 e. The van der Waals surface area contributed by atoms with Crippen molar-refractivity contribution in [2.45, 2.75) is 57.8 Å². The molecule has 0 saturated heterocycles. The average molecular weight is 436 g/mol. The van der Waals surface area contributed by atoms with E-state index in [0.29, 0.717) is 24.8 Å². The lowest BCUT2D eigenvalue weighted by molar-refractivity contribution is 0.0773. The molecule has 7 heteroatoms. The number of benzene rings is 1. The van der Waals surface area contributed by atoms with Crippen molar-refractivity contribution in [2.75, 3.05) is 13.6 Å². The summed E-state index contributed by atoms with van der Waals surface area (Å²) in [6.07, 6.45) is 6.16. The average Bonchev–Trinajstić information content (AvgIpc) is 3.56. The van der Waals surface area contributed by atoms with Gasteiger partial charge in [0.25, 0.3) is 5.91 Å². The first-order chi connectivity index (χ1) is 15.2. The molecule has 6 nitrogen and oxygen atoms in total. The topological polar surface area (TPSA) is 54.3 Å². The van der Waals surface area contributed by atoms with Crippen LogP contribution in [0.4, 0.5) is 0 Å². The fraction of sp³-hybridized carbons (Fsp3) is 0.458. The fourth-order valence-electron chi connectivity index (χ4n) is 4.96. The van der Waals surface area contributed by atoms with Crippen LogP contribution in [0, 0.1) is 0 Å². The predicted molar refractivity (Wildman–Crippen MR) is 122 cm³/mol. The molecule has 1 saturated carbocycles. The van der Waals surface area contributed by atoms with Gasteiger partial charge in [-0.25, -0.2) is 4.98 Å². The molecule has 2 aliphatic rings. The Bertz CT molecular complexity index is 1020. The van der Waals surface area contributed by atoms with Gasteiger partial charge in [0.15, 0.2) is 5.69 Å². The Kier molecular flexibility index (Phi) is 5.87. The highest BCUT2D eigenvalue weighted by Crippen LogP contribution is 2.31. The van der Waals surface area contributed by atoms with E-state index in [1.165, 1.54) is 36.9 Å². The van der Waals surface area contributed by atoms with Crippen LogP contribution in [0.5, 0.6) is 0 Å². The molecular weight excluding hydrogens is 406 g/mol. The minimum Gasteiger partial charge on any atom is -0.334 e. The SMILES string of the molecule is CN(Cc1cscn1)C(=O)c1nn(Cc2ccccc2)c2c1CN(C1CCCC1)CC2. The van der Waals surface area contributed by atoms with Crippen LogP contribution in [0.1, 0.15) is 58.7 Å². The number of carbonyl (C=O) groups is 1. The van der Waals surface area contributed by atoms with Crippen molar-refractivity contribution in [1.29, 1.82) is 0 Å². The van der Waals surface area contributed by atoms with Crippen LogP contribution in [-0.2, 0) is 26.1 Å². The number of hydrogen-bond acceptors (Lipinski definition) is 5. The van der Waals surface area contributed by atoms with Crippen molar-refractivity contribution in [3.63, 3.8) is 0 Å². The molecule has 0 radical (unpaired) electrons. The van der Waals surface area contributed by atoms with E-state index >= 15 is 0 Å². The number of carbonyl (C=O) groups excluding carboxylic acids is 1. The summed E-state index contributed by atoms with van der Waals surface area (Å²) in [6, 6.07) is 11.0. The van der Waals surface area contributed by atoms with Crippen LogP contribution in [0.15, 0.2) is 41.2 Å². The fourth-order valence-corrected chi connectivity index (χ4v) is 5.51. The molecule has 2 aromatic heterocycles. The Morgan fingerprint density at radius 3 is 2.77 bits per heavy atom. The first kappa shape index (κ1) is 20.4. The Labute approximate surface area is 187 Å². The molecule has 0 N–H and O–H groups in total. The molecule has 1 fully saturated rings. The molecule has 1 aliphatic carbocycles. The normalized spacial score (nSPS) is 17.1. The van der Waals surface area contributed by atoms with Crippen LogP contribution in [0.25, 0.3) is 0 Å². The van der Waals surface area contributed by atoms with Crippen LogP contribution in [0.3, 0.4) is 0 Å². The standard InChI is InChI=1S/C24H29N5OS/c1-27(14-19-16-31-17-25-19)24(30)23-21-15-28(20-9-5-6-10-20)12-11-22(21)29(26-23)13-18-7-3-2-4-8-18/h2-4,7-8,16-17,20H,5-6,9-15H2,1H3.